The standard InChI is InChI=1S/C16H20F2N2/c17-16(18)9-7-15(19,8-10-16)6-5-12-11-20-14-4-2-1-3-13(12)14/h1-4,11,20H,5-10,19H2. The topological polar surface area (TPSA) is 41.8 Å². The molecule has 2 nitrogen and oxygen atoms in total. The number of aromatic amines is 1. The van der Waals surface area contributed by atoms with Gasteiger partial charge in [0.15, 0.2) is 0 Å². The van der Waals surface area contributed by atoms with Crippen molar-refractivity contribution in [3.63, 3.8) is 0 Å². The first kappa shape index (κ1) is 13.6. The number of halogens is 2. The fraction of sp³-hybridized carbons (Fsp3) is 0.500. The number of benzene rings is 1. The Morgan fingerprint density at radius 1 is 1.10 bits per heavy atom. The van der Waals surface area contributed by atoms with Crippen molar-refractivity contribution in [2.24, 2.45) is 5.73 Å². The van der Waals surface area contributed by atoms with Gasteiger partial charge < -0.3 is 10.7 Å². The molecule has 1 aromatic carbocycles. The molecular formula is C16H20F2N2. The number of nitrogens with one attached hydrogen (secondary N) is 1. The second kappa shape index (κ2) is 4.85. The van der Waals surface area contributed by atoms with Gasteiger partial charge in [0.1, 0.15) is 0 Å². The predicted molar refractivity (Wildman–Crippen MR) is 77.0 cm³/mol. The lowest BCUT2D eigenvalue weighted by Gasteiger charge is -2.37. The van der Waals surface area contributed by atoms with E-state index in [2.05, 4.69) is 11.1 Å². The summed E-state index contributed by atoms with van der Waals surface area (Å²) in [5, 5.41) is 1.21. The van der Waals surface area contributed by atoms with Gasteiger partial charge in [0.25, 0.3) is 0 Å². The highest BCUT2D eigenvalue weighted by Crippen LogP contribution is 2.39. The first-order valence-electron chi connectivity index (χ1n) is 7.19. The normalized spacial score (nSPS) is 21.1. The summed E-state index contributed by atoms with van der Waals surface area (Å²) in [6, 6.07) is 8.13. The quantitative estimate of drug-likeness (QED) is 0.875. The number of fused-ring (bicyclic) bond motifs is 1. The van der Waals surface area contributed by atoms with Crippen molar-refractivity contribution in [2.75, 3.05) is 0 Å². The van der Waals surface area contributed by atoms with Crippen LogP contribution in [0.4, 0.5) is 8.78 Å². The maximum atomic E-state index is 13.2. The zero-order valence-corrected chi connectivity index (χ0v) is 11.5. The molecule has 2 aromatic rings. The van der Waals surface area contributed by atoms with E-state index < -0.39 is 11.5 Å². The zero-order chi connectivity index (χ0) is 14.2. The summed E-state index contributed by atoms with van der Waals surface area (Å²) >= 11 is 0. The summed E-state index contributed by atoms with van der Waals surface area (Å²) < 4.78 is 26.4. The van der Waals surface area contributed by atoms with E-state index in [1.807, 2.05) is 24.4 Å². The number of nitrogens with two attached hydrogens (primary N) is 1. The summed E-state index contributed by atoms with van der Waals surface area (Å²) in [6.45, 7) is 0. The van der Waals surface area contributed by atoms with Crippen LogP contribution in [0.2, 0.25) is 0 Å². The number of H-pyrrole nitrogens is 1. The van der Waals surface area contributed by atoms with E-state index >= 15 is 0 Å². The van der Waals surface area contributed by atoms with Gasteiger partial charge in [-0.3, -0.25) is 0 Å². The molecule has 1 aromatic heterocycles. The molecular weight excluding hydrogens is 258 g/mol. The van der Waals surface area contributed by atoms with Gasteiger partial charge in [-0.05, 0) is 37.3 Å². The Morgan fingerprint density at radius 2 is 1.80 bits per heavy atom. The van der Waals surface area contributed by atoms with Crippen molar-refractivity contribution in [3.8, 4) is 0 Å². The Morgan fingerprint density at radius 3 is 2.55 bits per heavy atom. The minimum atomic E-state index is -2.51. The number of alkyl halides is 2. The molecule has 3 N–H and O–H groups in total. The molecule has 1 fully saturated rings. The molecule has 4 heteroatoms. The van der Waals surface area contributed by atoms with E-state index in [1.54, 1.807) is 0 Å². The summed E-state index contributed by atoms with van der Waals surface area (Å²) in [4.78, 5) is 3.24. The van der Waals surface area contributed by atoms with Crippen LogP contribution in [0.3, 0.4) is 0 Å². The molecule has 0 radical (unpaired) electrons. The van der Waals surface area contributed by atoms with E-state index in [0.29, 0.717) is 12.8 Å². The van der Waals surface area contributed by atoms with Gasteiger partial charge in [0.2, 0.25) is 5.92 Å². The van der Waals surface area contributed by atoms with Gasteiger partial charge in [-0.1, -0.05) is 18.2 Å². The van der Waals surface area contributed by atoms with E-state index in [4.69, 9.17) is 5.73 Å². The summed E-state index contributed by atoms with van der Waals surface area (Å²) in [5.41, 5.74) is 8.21. The maximum Gasteiger partial charge on any atom is 0.248 e. The molecule has 0 unspecified atom stereocenters. The Balaban J connectivity index is 1.67. The zero-order valence-electron chi connectivity index (χ0n) is 11.5. The smallest absolute Gasteiger partial charge is 0.248 e. The third kappa shape index (κ3) is 2.70. The van der Waals surface area contributed by atoms with Crippen LogP contribution in [-0.4, -0.2) is 16.4 Å². The van der Waals surface area contributed by atoms with Crippen LogP contribution in [0.5, 0.6) is 0 Å². The Hall–Kier alpha value is -1.42. The summed E-state index contributed by atoms with van der Waals surface area (Å²) in [6.07, 6.45) is 4.31. The molecule has 108 valence electrons. The molecule has 1 aliphatic rings. The monoisotopic (exact) mass is 278 g/mol. The van der Waals surface area contributed by atoms with Crippen LogP contribution < -0.4 is 5.73 Å². The maximum absolute atomic E-state index is 13.2. The number of hydrogen-bond acceptors (Lipinski definition) is 1. The van der Waals surface area contributed by atoms with Crippen LogP contribution in [-0.2, 0) is 6.42 Å². The Bertz CT molecular complexity index is 593. The third-order valence-electron chi connectivity index (χ3n) is 4.54. The molecule has 0 saturated heterocycles. The molecule has 0 atom stereocenters. The third-order valence-corrected chi connectivity index (χ3v) is 4.54. The second-order valence-corrected chi connectivity index (χ2v) is 6.08. The van der Waals surface area contributed by atoms with Gasteiger partial charge in [-0.25, -0.2) is 8.78 Å². The number of aromatic nitrogens is 1. The van der Waals surface area contributed by atoms with Crippen molar-refractivity contribution in [1.29, 1.82) is 0 Å². The van der Waals surface area contributed by atoms with Crippen molar-refractivity contribution < 1.29 is 8.78 Å². The Labute approximate surface area is 117 Å². The van der Waals surface area contributed by atoms with Gasteiger partial charge >= 0.3 is 0 Å². The summed E-state index contributed by atoms with van der Waals surface area (Å²) in [5.74, 6) is -2.51. The average Bonchev–Trinajstić information content (AvgIpc) is 2.84. The van der Waals surface area contributed by atoms with Gasteiger partial charge in [0, 0.05) is 35.5 Å². The van der Waals surface area contributed by atoms with Crippen LogP contribution in [0, 0.1) is 0 Å². The summed E-state index contributed by atoms with van der Waals surface area (Å²) in [7, 11) is 0. The molecule has 20 heavy (non-hydrogen) atoms. The van der Waals surface area contributed by atoms with Crippen molar-refractivity contribution >= 4 is 10.9 Å². The lowest BCUT2D eigenvalue weighted by atomic mass is 9.77. The molecule has 0 aliphatic heterocycles. The lowest BCUT2D eigenvalue weighted by Crippen LogP contribution is -2.46. The number of para-hydroxylation sites is 1. The van der Waals surface area contributed by atoms with Crippen LogP contribution >= 0.6 is 0 Å². The highest BCUT2D eigenvalue weighted by Gasteiger charge is 2.40. The van der Waals surface area contributed by atoms with E-state index in [1.165, 1.54) is 10.9 Å². The fourth-order valence-electron chi connectivity index (χ4n) is 3.09. The number of hydrogen-bond donors (Lipinski definition) is 2. The van der Waals surface area contributed by atoms with Gasteiger partial charge in [-0.15, -0.1) is 0 Å². The molecule has 3 rings (SSSR count). The number of aryl methyl sites for hydroxylation is 1. The largest absolute Gasteiger partial charge is 0.361 e. The highest BCUT2D eigenvalue weighted by molar-refractivity contribution is 5.83. The van der Waals surface area contributed by atoms with E-state index in [9.17, 15) is 8.78 Å². The van der Waals surface area contributed by atoms with Gasteiger partial charge in [-0.2, -0.15) is 0 Å². The van der Waals surface area contributed by atoms with Crippen molar-refractivity contribution in [3.05, 3.63) is 36.0 Å². The van der Waals surface area contributed by atoms with Gasteiger partial charge in [0.05, 0.1) is 0 Å². The number of rotatable bonds is 3. The molecule has 0 spiro atoms. The van der Waals surface area contributed by atoms with Crippen LogP contribution in [0.25, 0.3) is 10.9 Å². The average molecular weight is 278 g/mol. The second-order valence-electron chi connectivity index (χ2n) is 6.08. The van der Waals surface area contributed by atoms with E-state index in [0.717, 1.165) is 18.4 Å². The molecule has 1 aliphatic carbocycles. The Kier molecular flexibility index (Phi) is 3.28. The van der Waals surface area contributed by atoms with Crippen molar-refractivity contribution in [2.45, 2.75) is 50.0 Å². The molecule has 0 bridgehead atoms. The molecule has 1 saturated carbocycles. The minimum Gasteiger partial charge on any atom is -0.361 e. The lowest BCUT2D eigenvalue weighted by molar-refractivity contribution is -0.0514. The first-order valence-corrected chi connectivity index (χ1v) is 7.19. The van der Waals surface area contributed by atoms with E-state index in [-0.39, 0.29) is 12.8 Å². The predicted octanol–water partition coefficient (Wildman–Crippen LogP) is 4.01. The molecule has 0 amide bonds. The SMILES string of the molecule is NC1(CCc2c[nH]c3ccccc23)CCC(F)(F)CC1. The minimum absolute atomic E-state index is 0.0720. The van der Waals surface area contributed by atoms with Crippen LogP contribution in [0.15, 0.2) is 30.5 Å². The van der Waals surface area contributed by atoms with Crippen molar-refractivity contribution in [1.82, 2.24) is 4.98 Å². The highest BCUT2D eigenvalue weighted by atomic mass is 19.3. The fourth-order valence-corrected chi connectivity index (χ4v) is 3.09. The molecule has 1 heterocycles. The van der Waals surface area contributed by atoms with Crippen LogP contribution in [0.1, 0.15) is 37.7 Å². The first-order chi connectivity index (χ1) is 9.48.